The molecule has 1 aliphatic rings. The van der Waals surface area contributed by atoms with Crippen LogP contribution in [0.3, 0.4) is 0 Å². The Morgan fingerprint density at radius 3 is 2.62 bits per heavy atom. The zero-order valence-electron chi connectivity index (χ0n) is 16.1. The molecule has 0 N–H and O–H groups in total. The molecule has 0 radical (unpaired) electrons. The summed E-state index contributed by atoms with van der Waals surface area (Å²) in [6, 6.07) is 15.9. The van der Waals surface area contributed by atoms with Crippen molar-refractivity contribution in [2.45, 2.75) is 32.3 Å². The second-order valence-corrected chi connectivity index (χ2v) is 7.28. The number of hydrogen-bond donors (Lipinski definition) is 0. The van der Waals surface area contributed by atoms with Gasteiger partial charge in [-0.2, -0.15) is 5.26 Å². The van der Waals surface area contributed by atoms with Gasteiger partial charge >= 0.3 is 5.97 Å². The smallest absolute Gasteiger partial charge is 0.303 e. The molecule has 2 unspecified atom stereocenters. The van der Waals surface area contributed by atoms with Gasteiger partial charge in [0.25, 0.3) is 0 Å². The maximum atomic E-state index is 13.3. The number of halogens is 1. The van der Waals surface area contributed by atoms with E-state index in [9.17, 15) is 14.4 Å². The quantitative estimate of drug-likeness (QED) is 0.577. The van der Waals surface area contributed by atoms with Crippen molar-refractivity contribution in [2.75, 3.05) is 0 Å². The first kappa shape index (κ1) is 18.8. The molecule has 1 heterocycles. The number of esters is 1. The Morgan fingerprint density at radius 1 is 1.17 bits per heavy atom. The molecular weight excluding hydrogens is 367 g/mol. The third-order valence-electron chi connectivity index (χ3n) is 5.28. The highest BCUT2D eigenvalue weighted by molar-refractivity contribution is 5.69. The molecule has 144 valence electrons. The van der Waals surface area contributed by atoms with Crippen LogP contribution in [-0.2, 0) is 16.0 Å². The highest BCUT2D eigenvalue weighted by atomic mass is 19.1. The normalized spacial score (nSPS) is 17.4. The summed E-state index contributed by atoms with van der Waals surface area (Å²) in [6.07, 6.45) is 1.73. The minimum absolute atomic E-state index is 0.0457. The second-order valence-electron chi connectivity index (χ2n) is 7.28. The van der Waals surface area contributed by atoms with Gasteiger partial charge in [0.1, 0.15) is 5.82 Å². The van der Waals surface area contributed by atoms with Gasteiger partial charge in [0.2, 0.25) is 0 Å². The minimum atomic E-state index is -0.649. The molecule has 3 aromatic rings. The van der Waals surface area contributed by atoms with E-state index in [-0.39, 0.29) is 11.7 Å². The first-order valence-electron chi connectivity index (χ1n) is 9.42. The van der Waals surface area contributed by atoms with Gasteiger partial charge < -0.3 is 4.74 Å². The summed E-state index contributed by atoms with van der Waals surface area (Å²) >= 11 is 0. The van der Waals surface area contributed by atoms with Crippen molar-refractivity contribution in [3.8, 4) is 17.2 Å². The summed E-state index contributed by atoms with van der Waals surface area (Å²) in [6.45, 7) is 3.42. The lowest BCUT2D eigenvalue weighted by Crippen LogP contribution is -2.13. The molecule has 0 fully saturated rings. The number of pyridine rings is 1. The molecule has 0 saturated carbocycles. The lowest BCUT2D eigenvalue weighted by molar-refractivity contribution is -0.144. The van der Waals surface area contributed by atoms with Crippen LogP contribution in [0.25, 0.3) is 11.1 Å². The summed E-state index contributed by atoms with van der Waals surface area (Å²) in [4.78, 5) is 16.6. The molecule has 0 bridgehead atoms. The third kappa shape index (κ3) is 3.50. The maximum Gasteiger partial charge on any atom is 0.303 e. The van der Waals surface area contributed by atoms with E-state index in [2.05, 4.69) is 18.0 Å². The SMILES string of the molecule is CC(=O)OC1c2cc(-c3ccc(F)cc3)cnc2CC(C)c2c(C#N)cccc21. The number of nitrogens with zero attached hydrogens (tertiary/aromatic N) is 2. The lowest BCUT2D eigenvalue weighted by Gasteiger charge is -2.21. The molecule has 4 rings (SSSR count). The molecule has 1 aliphatic carbocycles. The predicted octanol–water partition coefficient (Wildman–Crippen LogP) is 5.07. The van der Waals surface area contributed by atoms with E-state index in [0.717, 1.165) is 33.5 Å². The van der Waals surface area contributed by atoms with E-state index in [0.29, 0.717) is 12.0 Å². The van der Waals surface area contributed by atoms with Crippen LogP contribution in [0.4, 0.5) is 4.39 Å². The standard InChI is InChI=1S/C24H19FN2O2/c1-14-10-22-21(11-18(13-27-22)16-6-8-19(25)9-7-16)24(29-15(2)28)20-5-3-4-17(12-26)23(14)20/h3-9,11,13-14,24H,10H2,1-2H3. The molecule has 29 heavy (non-hydrogen) atoms. The van der Waals surface area contributed by atoms with Gasteiger partial charge in [0, 0.05) is 35.5 Å². The van der Waals surface area contributed by atoms with Gasteiger partial charge in [-0.05, 0) is 47.7 Å². The first-order chi connectivity index (χ1) is 14.0. The summed E-state index contributed by atoms with van der Waals surface area (Å²) in [5.41, 5.74) is 5.54. The molecule has 2 aromatic carbocycles. The number of rotatable bonds is 2. The van der Waals surface area contributed by atoms with E-state index in [1.54, 1.807) is 24.4 Å². The second kappa shape index (κ2) is 7.48. The summed E-state index contributed by atoms with van der Waals surface area (Å²) in [5.74, 6) is -0.665. The third-order valence-corrected chi connectivity index (χ3v) is 5.28. The van der Waals surface area contributed by atoms with Crippen molar-refractivity contribution < 1.29 is 13.9 Å². The fourth-order valence-electron chi connectivity index (χ4n) is 4.02. The number of aromatic nitrogens is 1. The zero-order chi connectivity index (χ0) is 20.5. The highest BCUT2D eigenvalue weighted by Gasteiger charge is 2.31. The van der Waals surface area contributed by atoms with Crippen LogP contribution in [0.15, 0.2) is 54.7 Å². The Labute approximate surface area is 168 Å². The van der Waals surface area contributed by atoms with Crippen LogP contribution in [0, 0.1) is 17.1 Å². The first-order valence-corrected chi connectivity index (χ1v) is 9.42. The molecule has 0 saturated heterocycles. The Balaban J connectivity index is 1.92. The minimum Gasteiger partial charge on any atom is -0.453 e. The van der Waals surface area contributed by atoms with E-state index >= 15 is 0 Å². The Bertz CT molecular complexity index is 1130. The topological polar surface area (TPSA) is 63.0 Å². The fraction of sp³-hybridized carbons (Fsp3) is 0.208. The Morgan fingerprint density at radius 2 is 1.93 bits per heavy atom. The van der Waals surface area contributed by atoms with Crippen LogP contribution in [-0.4, -0.2) is 11.0 Å². The number of carbonyl (C=O) groups is 1. The highest BCUT2D eigenvalue weighted by Crippen LogP contribution is 2.41. The Kier molecular flexibility index (Phi) is 4.85. The van der Waals surface area contributed by atoms with Crippen molar-refractivity contribution >= 4 is 5.97 Å². The largest absolute Gasteiger partial charge is 0.453 e. The molecule has 0 amide bonds. The molecular formula is C24H19FN2O2. The van der Waals surface area contributed by atoms with Crippen LogP contribution < -0.4 is 0 Å². The van der Waals surface area contributed by atoms with Crippen molar-refractivity contribution in [1.29, 1.82) is 5.26 Å². The predicted molar refractivity (Wildman–Crippen MR) is 107 cm³/mol. The number of carbonyl (C=O) groups excluding carboxylic acids is 1. The van der Waals surface area contributed by atoms with Crippen molar-refractivity contribution in [1.82, 2.24) is 4.98 Å². The van der Waals surface area contributed by atoms with Crippen LogP contribution >= 0.6 is 0 Å². The number of benzene rings is 2. The molecule has 0 aliphatic heterocycles. The lowest BCUT2D eigenvalue weighted by atomic mass is 9.89. The van der Waals surface area contributed by atoms with E-state index < -0.39 is 12.1 Å². The Hall–Kier alpha value is -3.52. The molecule has 4 nitrogen and oxygen atoms in total. The fourth-order valence-corrected chi connectivity index (χ4v) is 4.02. The van der Waals surface area contributed by atoms with Crippen LogP contribution in [0.5, 0.6) is 0 Å². The van der Waals surface area contributed by atoms with Gasteiger partial charge in [-0.3, -0.25) is 9.78 Å². The van der Waals surface area contributed by atoms with Gasteiger partial charge in [0.05, 0.1) is 11.6 Å². The van der Waals surface area contributed by atoms with E-state index in [1.807, 2.05) is 18.2 Å². The summed E-state index contributed by atoms with van der Waals surface area (Å²) in [7, 11) is 0. The zero-order valence-corrected chi connectivity index (χ0v) is 16.1. The van der Waals surface area contributed by atoms with Crippen LogP contribution in [0.1, 0.15) is 53.8 Å². The van der Waals surface area contributed by atoms with Gasteiger partial charge in [-0.15, -0.1) is 0 Å². The number of fused-ring (bicyclic) bond motifs is 2. The maximum absolute atomic E-state index is 13.3. The van der Waals surface area contributed by atoms with Crippen LogP contribution in [0.2, 0.25) is 0 Å². The number of nitriles is 1. The molecule has 1 aromatic heterocycles. The van der Waals surface area contributed by atoms with Gasteiger partial charge in [-0.25, -0.2) is 4.39 Å². The summed E-state index contributed by atoms with van der Waals surface area (Å²) in [5, 5.41) is 9.60. The monoisotopic (exact) mass is 386 g/mol. The van der Waals surface area contributed by atoms with E-state index in [4.69, 9.17) is 4.74 Å². The number of hydrogen-bond acceptors (Lipinski definition) is 4. The van der Waals surface area contributed by atoms with Crippen molar-refractivity contribution in [3.05, 3.63) is 88.5 Å². The van der Waals surface area contributed by atoms with Crippen molar-refractivity contribution in [2.24, 2.45) is 0 Å². The van der Waals surface area contributed by atoms with Gasteiger partial charge in [-0.1, -0.05) is 31.2 Å². The molecule has 5 heteroatoms. The van der Waals surface area contributed by atoms with Crippen molar-refractivity contribution in [3.63, 3.8) is 0 Å². The average molecular weight is 386 g/mol. The van der Waals surface area contributed by atoms with E-state index in [1.165, 1.54) is 19.1 Å². The average Bonchev–Trinajstić information content (AvgIpc) is 2.83. The van der Waals surface area contributed by atoms with Gasteiger partial charge in [0.15, 0.2) is 6.10 Å². The summed E-state index contributed by atoms with van der Waals surface area (Å²) < 4.78 is 19.0. The molecule has 0 spiro atoms. The number of ether oxygens (including phenoxy) is 1. The molecule has 2 atom stereocenters.